The molecule has 0 saturated carbocycles. The van der Waals surface area contributed by atoms with Crippen LogP contribution in [0.2, 0.25) is 0 Å². The monoisotopic (exact) mass is 389 g/mol. The van der Waals surface area contributed by atoms with Gasteiger partial charge in [0.05, 0.1) is 17.7 Å². The number of anilines is 1. The van der Waals surface area contributed by atoms with Crippen LogP contribution in [0.3, 0.4) is 0 Å². The third kappa shape index (κ3) is 3.87. The lowest BCUT2D eigenvalue weighted by molar-refractivity contribution is 0.0604. The molecule has 8 heteroatoms. The minimum Gasteiger partial charge on any atom is -0.465 e. The zero-order valence-corrected chi connectivity index (χ0v) is 15.3. The minimum absolute atomic E-state index is 0.139. The summed E-state index contributed by atoms with van der Waals surface area (Å²) in [6.07, 6.45) is 0. The van der Waals surface area contributed by atoms with Crippen molar-refractivity contribution in [1.29, 1.82) is 0 Å². The molecule has 0 amide bonds. The molecule has 134 valence electrons. The smallest absolute Gasteiger partial charge is 0.351 e. The fourth-order valence-corrected chi connectivity index (χ4v) is 4.01. The zero-order valence-electron chi connectivity index (χ0n) is 13.7. The summed E-state index contributed by atoms with van der Waals surface area (Å²) in [4.78, 5) is 12.2. The number of ether oxygens (including phenoxy) is 2. The van der Waals surface area contributed by atoms with E-state index < -0.39 is 16.0 Å². The molecule has 0 bridgehead atoms. The van der Waals surface area contributed by atoms with Crippen LogP contribution >= 0.6 is 11.3 Å². The van der Waals surface area contributed by atoms with Gasteiger partial charge in [-0.15, -0.1) is 11.3 Å². The highest BCUT2D eigenvalue weighted by molar-refractivity contribution is 7.92. The van der Waals surface area contributed by atoms with E-state index in [9.17, 15) is 13.2 Å². The highest BCUT2D eigenvalue weighted by Gasteiger charge is 2.19. The molecule has 26 heavy (non-hydrogen) atoms. The van der Waals surface area contributed by atoms with Crippen molar-refractivity contribution >= 4 is 33.0 Å². The fraction of sp³-hybridized carbons (Fsp3) is 0.0556. The van der Waals surface area contributed by atoms with Gasteiger partial charge in [0.1, 0.15) is 0 Å². The summed E-state index contributed by atoms with van der Waals surface area (Å²) < 4.78 is 38.1. The Morgan fingerprint density at radius 2 is 1.65 bits per heavy atom. The first-order valence-electron chi connectivity index (χ1n) is 7.52. The van der Waals surface area contributed by atoms with Gasteiger partial charge in [-0.25, -0.2) is 13.2 Å². The summed E-state index contributed by atoms with van der Waals surface area (Å²) in [6, 6.07) is 16.2. The first-order valence-corrected chi connectivity index (χ1v) is 9.88. The summed E-state index contributed by atoms with van der Waals surface area (Å²) in [5.74, 6) is 0.0566. The standard InChI is InChI=1S/C18H15NO5S2/c1-23-18(20)17-16(11-12-25-17)24-15-10-6-5-9-14(15)19-26(21,22)13-7-3-2-4-8-13/h2-12,19H,1H3. The first-order chi connectivity index (χ1) is 12.5. The third-order valence-electron chi connectivity index (χ3n) is 3.40. The maximum absolute atomic E-state index is 12.5. The second-order valence-electron chi connectivity index (χ2n) is 5.12. The molecule has 1 aromatic heterocycles. The molecule has 0 fully saturated rings. The Hall–Kier alpha value is -2.84. The fourth-order valence-electron chi connectivity index (χ4n) is 2.18. The summed E-state index contributed by atoms with van der Waals surface area (Å²) >= 11 is 1.18. The molecule has 0 saturated heterocycles. The maximum Gasteiger partial charge on any atom is 0.351 e. The molecule has 0 aliphatic rings. The highest BCUT2D eigenvalue weighted by Crippen LogP contribution is 2.35. The number of sulfonamides is 1. The normalized spacial score (nSPS) is 11.0. The van der Waals surface area contributed by atoms with Gasteiger partial charge in [0, 0.05) is 0 Å². The quantitative estimate of drug-likeness (QED) is 0.641. The number of rotatable bonds is 6. The Bertz CT molecular complexity index is 1010. The Labute approximate surface area is 155 Å². The van der Waals surface area contributed by atoms with Crippen LogP contribution < -0.4 is 9.46 Å². The molecular weight excluding hydrogens is 374 g/mol. The van der Waals surface area contributed by atoms with E-state index in [0.29, 0.717) is 10.6 Å². The van der Waals surface area contributed by atoms with Gasteiger partial charge in [-0.05, 0) is 35.7 Å². The second kappa shape index (κ2) is 7.59. The molecule has 0 atom stereocenters. The number of thiophene rings is 1. The number of para-hydroxylation sites is 2. The highest BCUT2D eigenvalue weighted by atomic mass is 32.2. The molecule has 0 radical (unpaired) electrons. The number of hydrogen-bond donors (Lipinski definition) is 1. The van der Waals surface area contributed by atoms with Crippen LogP contribution in [0.4, 0.5) is 5.69 Å². The van der Waals surface area contributed by atoms with Crippen molar-refractivity contribution in [1.82, 2.24) is 0 Å². The molecule has 2 aromatic carbocycles. The van der Waals surface area contributed by atoms with Crippen molar-refractivity contribution in [3.8, 4) is 11.5 Å². The largest absolute Gasteiger partial charge is 0.465 e. The van der Waals surface area contributed by atoms with Crippen LogP contribution in [0.25, 0.3) is 0 Å². The van der Waals surface area contributed by atoms with E-state index in [0.717, 1.165) is 0 Å². The van der Waals surface area contributed by atoms with Crippen molar-refractivity contribution in [3.63, 3.8) is 0 Å². The zero-order chi connectivity index (χ0) is 18.6. The molecule has 0 aliphatic carbocycles. The van der Waals surface area contributed by atoms with E-state index in [1.54, 1.807) is 53.9 Å². The topological polar surface area (TPSA) is 81.7 Å². The van der Waals surface area contributed by atoms with Gasteiger partial charge in [-0.1, -0.05) is 30.3 Å². The molecule has 3 rings (SSSR count). The van der Waals surface area contributed by atoms with E-state index >= 15 is 0 Å². The maximum atomic E-state index is 12.5. The van der Waals surface area contributed by atoms with Gasteiger partial charge in [-0.2, -0.15) is 0 Å². The number of benzene rings is 2. The molecule has 0 aliphatic heterocycles. The van der Waals surface area contributed by atoms with Gasteiger partial charge < -0.3 is 9.47 Å². The SMILES string of the molecule is COC(=O)c1sccc1Oc1ccccc1NS(=O)(=O)c1ccccc1. The molecule has 0 unspecified atom stereocenters. The lowest BCUT2D eigenvalue weighted by Gasteiger charge is -2.13. The van der Waals surface area contributed by atoms with Crippen molar-refractivity contribution in [3.05, 3.63) is 70.9 Å². The van der Waals surface area contributed by atoms with Crippen LogP contribution in [-0.4, -0.2) is 21.5 Å². The molecule has 0 spiro atoms. The lowest BCUT2D eigenvalue weighted by Crippen LogP contribution is -2.13. The van der Waals surface area contributed by atoms with Gasteiger partial charge in [-0.3, -0.25) is 4.72 Å². The van der Waals surface area contributed by atoms with Crippen molar-refractivity contribution in [2.24, 2.45) is 0 Å². The van der Waals surface area contributed by atoms with E-state index in [4.69, 9.17) is 9.47 Å². The molecular formula is C18H15NO5S2. The Morgan fingerprint density at radius 3 is 2.38 bits per heavy atom. The number of carbonyl (C=O) groups is 1. The van der Waals surface area contributed by atoms with E-state index in [2.05, 4.69) is 4.72 Å². The number of hydrogen-bond acceptors (Lipinski definition) is 6. The number of nitrogens with one attached hydrogen (secondary N) is 1. The Kier molecular flexibility index (Phi) is 5.24. The molecule has 6 nitrogen and oxygen atoms in total. The van der Waals surface area contributed by atoms with E-state index in [1.165, 1.54) is 30.6 Å². The number of esters is 1. The predicted octanol–water partition coefficient (Wildman–Crippen LogP) is 4.13. The van der Waals surface area contributed by atoms with Crippen LogP contribution in [0, 0.1) is 0 Å². The van der Waals surface area contributed by atoms with Crippen molar-refractivity contribution in [2.75, 3.05) is 11.8 Å². The average Bonchev–Trinajstić information content (AvgIpc) is 3.11. The van der Waals surface area contributed by atoms with Crippen LogP contribution in [0.1, 0.15) is 9.67 Å². The predicted molar refractivity (Wildman–Crippen MR) is 99.4 cm³/mol. The Balaban J connectivity index is 1.90. The molecule has 3 aromatic rings. The van der Waals surface area contributed by atoms with Gasteiger partial charge in [0.2, 0.25) is 0 Å². The summed E-state index contributed by atoms with van der Waals surface area (Å²) in [7, 11) is -2.48. The van der Waals surface area contributed by atoms with E-state index in [1.807, 2.05) is 0 Å². The summed E-state index contributed by atoms with van der Waals surface area (Å²) in [5, 5.41) is 1.69. The minimum atomic E-state index is -3.76. The van der Waals surface area contributed by atoms with Gasteiger partial charge in [0.25, 0.3) is 10.0 Å². The van der Waals surface area contributed by atoms with Crippen LogP contribution in [-0.2, 0) is 14.8 Å². The molecule has 1 heterocycles. The second-order valence-corrected chi connectivity index (χ2v) is 7.72. The Morgan fingerprint density at radius 1 is 0.962 bits per heavy atom. The first kappa shape index (κ1) is 18.0. The average molecular weight is 389 g/mol. The van der Waals surface area contributed by atoms with Crippen LogP contribution in [0.5, 0.6) is 11.5 Å². The molecule has 1 N–H and O–H groups in total. The van der Waals surface area contributed by atoms with E-state index in [-0.39, 0.29) is 16.3 Å². The van der Waals surface area contributed by atoms with Crippen molar-refractivity contribution < 1.29 is 22.7 Å². The van der Waals surface area contributed by atoms with Crippen LogP contribution in [0.15, 0.2) is 70.9 Å². The summed E-state index contributed by atoms with van der Waals surface area (Å²) in [5.41, 5.74) is 0.262. The van der Waals surface area contributed by atoms with Gasteiger partial charge >= 0.3 is 5.97 Å². The van der Waals surface area contributed by atoms with Gasteiger partial charge in [0.15, 0.2) is 16.4 Å². The number of methoxy groups -OCH3 is 1. The van der Waals surface area contributed by atoms with Crippen molar-refractivity contribution in [2.45, 2.75) is 4.90 Å². The number of carbonyl (C=O) groups excluding carboxylic acids is 1. The third-order valence-corrected chi connectivity index (χ3v) is 5.66. The lowest BCUT2D eigenvalue weighted by atomic mass is 10.3. The summed E-state index contributed by atoms with van der Waals surface area (Å²) in [6.45, 7) is 0.